The average molecular weight is 1200 g/mol. The molecule has 12 heteroatoms. The van der Waals surface area contributed by atoms with Gasteiger partial charge in [0.05, 0.1) is 6.61 Å². The number of aliphatic hydroxyl groups excluding tert-OH is 2. The lowest BCUT2D eigenvalue weighted by molar-refractivity contribution is -0.301. The van der Waals surface area contributed by atoms with Crippen LogP contribution in [0.15, 0.2) is 36.5 Å². The van der Waals surface area contributed by atoms with E-state index in [1.807, 2.05) is 0 Å². The van der Waals surface area contributed by atoms with Crippen molar-refractivity contribution < 1.29 is 58.2 Å². The zero-order valence-corrected chi connectivity index (χ0v) is 55.1. The Morgan fingerprint density at radius 2 is 0.706 bits per heavy atom. The number of rotatable bonds is 63. The van der Waals surface area contributed by atoms with Gasteiger partial charge in [-0.15, -0.1) is 0 Å². The summed E-state index contributed by atoms with van der Waals surface area (Å²) in [6.07, 6.45) is 62.4. The van der Waals surface area contributed by atoms with Gasteiger partial charge in [0.1, 0.15) is 18.8 Å². The van der Waals surface area contributed by atoms with Gasteiger partial charge in [-0.25, -0.2) is 4.79 Å². The number of hydrogen-bond donors (Lipinski definition) is 3. The van der Waals surface area contributed by atoms with Crippen LogP contribution in [0, 0.1) is 0 Å². The van der Waals surface area contributed by atoms with Crippen LogP contribution in [-0.2, 0) is 42.9 Å². The van der Waals surface area contributed by atoms with Crippen LogP contribution in [-0.4, -0.2) is 89.2 Å². The molecular weight excluding hydrogens is 1070 g/mol. The van der Waals surface area contributed by atoms with Crippen LogP contribution >= 0.6 is 0 Å². The monoisotopic (exact) mass is 1200 g/mol. The molecule has 0 aromatic rings. The molecule has 1 aliphatic heterocycles. The lowest BCUT2D eigenvalue weighted by atomic mass is 9.98. The number of allylic oxidation sites excluding steroid dienone is 6. The van der Waals surface area contributed by atoms with E-state index in [4.69, 9.17) is 23.7 Å². The molecule has 12 nitrogen and oxygen atoms in total. The molecule has 1 saturated heterocycles. The Morgan fingerprint density at radius 3 is 1.09 bits per heavy atom. The van der Waals surface area contributed by atoms with Gasteiger partial charge in [-0.2, -0.15) is 0 Å². The number of ether oxygens (including phenoxy) is 5. The number of unbranched alkanes of at least 4 members (excludes halogenated alkanes) is 43. The van der Waals surface area contributed by atoms with E-state index in [9.17, 15) is 34.5 Å². The van der Waals surface area contributed by atoms with Crippen molar-refractivity contribution in [3.8, 4) is 0 Å². The topological polar surface area (TPSA) is 175 Å². The van der Waals surface area contributed by atoms with E-state index in [0.29, 0.717) is 19.3 Å². The van der Waals surface area contributed by atoms with E-state index >= 15 is 0 Å². The van der Waals surface area contributed by atoms with E-state index in [1.165, 1.54) is 212 Å². The average Bonchev–Trinajstić information content (AvgIpc) is 3.46. The molecule has 0 saturated carbocycles. The number of aliphatic carboxylic acids is 1. The van der Waals surface area contributed by atoms with Crippen LogP contribution in [0.25, 0.3) is 0 Å². The molecule has 6 unspecified atom stereocenters. The van der Waals surface area contributed by atoms with E-state index < -0.39 is 67.3 Å². The van der Waals surface area contributed by atoms with Crippen LogP contribution in [0.5, 0.6) is 0 Å². The molecule has 0 aromatic carbocycles. The normalized spacial score (nSPS) is 17.6. The van der Waals surface area contributed by atoms with E-state index in [0.717, 1.165) is 83.5 Å². The first kappa shape index (κ1) is 80.0. The van der Waals surface area contributed by atoms with Crippen molar-refractivity contribution in [1.82, 2.24) is 0 Å². The molecule has 0 amide bonds. The molecular formula is C73H132O12. The van der Waals surface area contributed by atoms with Crippen LogP contribution in [0.1, 0.15) is 355 Å². The summed E-state index contributed by atoms with van der Waals surface area (Å²) in [5, 5.41) is 31.7. The lowest BCUT2D eigenvalue weighted by Crippen LogP contribution is -2.61. The minimum atomic E-state index is -1.90. The molecule has 0 spiro atoms. The third-order valence-electron chi connectivity index (χ3n) is 16.7. The van der Waals surface area contributed by atoms with Crippen molar-refractivity contribution in [3.63, 3.8) is 0 Å². The van der Waals surface area contributed by atoms with E-state index in [-0.39, 0.29) is 25.9 Å². The van der Waals surface area contributed by atoms with Crippen molar-refractivity contribution in [1.29, 1.82) is 0 Å². The van der Waals surface area contributed by atoms with Crippen molar-refractivity contribution >= 4 is 23.9 Å². The standard InChI is InChI=1S/C73H132O12/c1-4-7-10-13-16-19-22-25-28-31-33-36-38-41-44-47-50-53-56-59-65(74)81-62-64(83-66(75)60-57-54-51-48-45-42-40-37-34-32-29-26-23-20-17-14-11-8-5-2)63-82-73-71(69(78)68(77)70(85-73)72(79)80)84-67(76)61-58-55-52-49-46-43-39-35-30-27-24-21-18-15-12-9-6-3/h16,19,25,27-28,30,64,68-71,73,77-78H,4-15,17-18,20-24,26,29,31-63H2,1-3H3,(H,79,80)/b19-16-,28-25-,30-27-. The number of carboxylic acid groups (broad SMARTS) is 1. The predicted octanol–water partition coefficient (Wildman–Crippen LogP) is 19.9. The molecule has 496 valence electrons. The van der Waals surface area contributed by atoms with Crippen molar-refractivity contribution in [3.05, 3.63) is 36.5 Å². The number of hydrogen-bond acceptors (Lipinski definition) is 11. The second-order valence-corrected chi connectivity index (χ2v) is 24.9. The summed E-state index contributed by atoms with van der Waals surface area (Å²) in [5.74, 6) is -3.09. The summed E-state index contributed by atoms with van der Waals surface area (Å²) in [7, 11) is 0. The zero-order valence-electron chi connectivity index (χ0n) is 55.1. The Labute approximate surface area is 521 Å². The molecule has 0 aromatic heterocycles. The molecule has 0 aliphatic carbocycles. The zero-order chi connectivity index (χ0) is 61.7. The van der Waals surface area contributed by atoms with Gasteiger partial charge in [0.25, 0.3) is 0 Å². The number of carbonyl (C=O) groups is 4. The van der Waals surface area contributed by atoms with Crippen LogP contribution in [0.3, 0.4) is 0 Å². The Morgan fingerprint density at radius 1 is 0.388 bits per heavy atom. The first-order chi connectivity index (χ1) is 41.6. The smallest absolute Gasteiger partial charge is 0.335 e. The number of carboxylic acids is 1. The van der Waals surface area contributed by atoms with Crippen molar-refractivity contribution in [2.45, 2.75) is 391 Å². The van der Waals surface area contributed by atoms with Gasteiger partial charge < -0.3 is 39.0 Å². The lowest BCUT2D eigenvalue weighted by Gasteiger charge is -2.40. The summed E-state index contributed by atoms with van der Waals surface area (Å²) in [6, 6.07) is 0. The van der Waals surface area contributed by atoms with Gasteiger partial charge in [-0.05, 0) is 77.0 Å². The molecule has 1 heterocycles. The Kier molecular flexibility index (Phi) is 57.6. The second kappa shape index (κ2) is 61.2. The fraction of sp³-hybridized carbons (Fsp3) is 0.863. The van der Waals surface area contributed by atoms with Gasteiger partial charge >= 0.3 is 23.9 Å². The Balaban J connectivity index is 2.62. The molecule has 0 radical (unpaired) electrons. The molecule has 85 heavy (non-hydrogen) atoms. The van der Waals surface area contributed by atoms with Crippen molar-refractivity contribution in [2.24, 2.45) is 0 Å². The van der Waals surface area contributed by atoms with Crippen LogP contribution < -0.4 is 0 Å². The van der Waals surface area contributed by atoms with Crippen LogP contribution in [0.4, 0.5) is 0 Å². The quantitative estimate of drug-likeness (QED) is 0.0228. The Bertz CT molecular complexity index is 1610. The fourth-order valence-electron chi connectivity index (χ4n) is 11.2. The summed E-state index contributed by atoms with van der Waals surface area (Å²) in [6.45, 7) is 6.04. The largest absolute Gasteiger partial charge is 0.479 e. The molecule has 3 N–H and O–H groups in total. The number of aliphatic hydroxyl groups is 2. The highest BCUT2D eigenvalue weighted by Gasteiger charge is 2.50. The minimum Gasteiger partial charge on any atom is -0.479 e. The Hall–Kier alpha value is -3.06. The first-order valence-corrected chi connectivity index (χ1v) is 36.0. The number of esters is 3. The third kappa shape index (κ3) is 50.5. The minimum absolute atomic E-state index is 0.0592. The molecule has 1 fully saturated rings. The predicted molar refractivity (Wildman–Crippen MR) is 350 cm³/mol. The molecule has 1 rings (SSSR count). The molecule has 6 atom stereocenters. The fourth-order valence-corrected chi connectivity index (χ4v) is 11.2. The van der Waals surface area contributed by atoms with Gasteiger partial charge in [0.2, 0.25) is 0 Å². The van der Waals surface area contributed by atoms with Crippen molar-refractivity contribution in [2.75, 3.05) is 13.2 Å². The van der Waals surface area contributed by atoms with E-state index in [1.54, 1.807) is 0 Å². The van der Waals surface area contributed by atoms with Gasteiger partial charge in [0.15, 0.2) is 24.6 Å². The highest BCUT2D eigenvalue weighted by Crippen LogP contribution is 2.27. The van der Waals surface area contributed by atoms with Gasteiger partial charge in [0, 0.05) is 19.3 Å². The highest BCUT2D eigenvalue weighted by molar-refractivity contribution is 5.74. The summed E-state index contributed by atoms with van der Waals surface area (Å²) < 4.78 is 28.7. The summed E-state index contributed by atoms with van der Waals surface area (Å²) >= 11 is 0. The van der Waals surface area contributed by atoms with Gasteiger partial charge in [-0.1, -0.05) is 295 Å². The SMILES string of the molecule is CCCCC/C=C\C/C=C\CCCCCCCCCCCC(=O)OCC(COC1OC(C(=O)O)C(O)C(O)C1OC(=O)CCCCCCCCC/C=C\CCCCCCCC)OC(=O)CCCCCCCCCCCCCCCCCCCCC. The molecule has 0 bridgehead atoms. The maximum absolute atomic E-state index is 13.3. The second-order valence-electron chi connectivity index (χ2n) is 24.9. The maximum Gasteiger partial charge on any atom is 0.335 e. The van der Waals surface area contributed by atoms with Gasteiger partial charge in [-0.3, -0.25) is 14.4 Å². The number of carbonyl (C=O) groups excluding carboxylic acids is 3. The summed E-state index contributed by atoms with van der Waals surface area (Å²) in [4.78, 5) is 51.5. The molecule has 1 aliphatic rings. The summed E-state index contributed by atoms with van der Waals surface area (Å²) in [5.41, 5.74) is 0. The maximum atomic E-state index is 13.3. The third-order valence-corrected chi connectivity index (χ3v) is 16.7. The first-order valence-electron chi connectivity index (χ1n) is 36.0. The highest BCUT2D eigenvalue weighted by atomic mass is 16.7. The van der Waals surface area contributed by atoms with E-state index in [2.05, 4.69) is 57.2 Å². The van der Waals surface area contributed by atoms with Crippen LogP contribution in [0.2, 0.25) is 0 Å².